The van der Waals surface area contributed by atoms with E-state index >= 15 is 0 Å². The third kappa shape index (κ3) is 6.85. The molecular weight excluding hydrogens is 300 g/mol. The van der Waals surface area contributed by atoms with Crippen molar-refractivity contribution in [3.63, 3.8) is 0 Å². The summed E-state index contributed by atoms with van der Waals surface area (Å²) in [5, 5.41) is 5.30. The minimum Gasteiger partial charge on any atom is -0.444 e. The van der Waals surface area contributed by atoms with Gasteiger partial charge in [-0.15, -0.1) is 0 Å². The summed E-state index contributed by atoms with van der Waals surface area (Å²) in [4.78, 5) is 23.8. The van der Waals surface area contributed by atoms with Gasteiger partial charge < -0.3 is 15.4 Å². The molecule has 6 heteroatoms. The normalized spacial score (nSPS) is 12.4. The molecule has 0 spiro atoms. The predicted octanol–water partition coefficient (Wildman–Crippen LogP) is 2.43. The molecule has 0 heterocycles. The molecule has 0 aliphatic heterocycles. The van der Waals surface area contributed by atoms with Gasteiger partial charge in [-0.2, -0.15) is 12.6 Å². The molecular formula is C16H24N2O3S. The van der Waals surface area contributed by atoms with Crippen LogP contribution in [0.2, 0.25) is 0 Å². The Hall–Kier alpha value is -1.69. The van der Waals surface area contributed by atoms with Crippen LogP contribution in [0.25, 0.3) is 0 Å². The van der Waals surface area contributed by atoms with E-state index in [-0.39, 0.29) is 11.7 Å². The van der Waals surface area contributed by atoms with Crippen LogP contribution in [0.15, 0.2) is 24.3 Å². The van der Waals surface area contributed by atoms with Crippen molar-refractivity contribution in [1.82, 2.24) is 10.6 Å². The van der Waals surface area contributed by atoms with E-state index in [0.717, 1.165) is 11.1 Å². The lowest BCUT2D eigenvalue weighted by Crippen LogP contribution is -2.49. The zero-order valence-electron chi connectivity index (χ0n) is 13.5. The first-order chi connectivity index (χ1) is 10.2. The number of hydrogen-bond acceptors (Lipinski definition) is 4. The summed E-state index contributed by atoms with van der Waals surface area (Å²) in [6.07, 6.45) is -0.628. The molecule has 1 aromatic rings. The van der Waals surface area contributed by atoms with Gasteiger partial charge >= 0.3 is 6.09 Å². The number of benzene rings is 1. The highest BCUT2D eigenvalue weighted by molar-refractivity contribution is 7.80. The second-order valence-electron chi connectivity index (χ2n) is 6.08. The summed E-state index contributed by atoms with van der Waals surface area (Å²) < 4.78 is 5.13. The summed E-state index contributed by atoms with van der Waals surface area (Å²) in [5.41, 5.74) is 1.55. The van der Waals surface area contributed by atoms with E-state index < -0.39 is 17.7 Å². The van der Waals surface area contributed by atoms with Gasteiger partial charge in [-0.25, -0.2) is 4.79 Å². The zero-order chi connectivity index (χ0) is 16.8. The Labute approximate surface area is 137 Å². The lowest BCUT2D eigenvalue weighted by molar-refractivity contribution is -0.122. The molecule has 22 heavy (non-hydrogen) atoms. The van der Waals surface area contributed by atoms with E-state index in [1.165, 1.54) is 0 Å². The van der Waals surface area contributed by atoms with Gasteiger partial charge in [0.1, 0.15) is 11.6 Å². The number of hydrogen-bond donors (Lipinski definition) is 3. The first kappa shape index (κ1) is 18.4. The first-order valence-corrected chi connectivity index (χ1v) is 7.78. The van der Waals surface area contributed by atoms with Gasteiger partial charge in [0.05, 0.1) is 0 Å². The van der Waals surface area contributed by atoms with Gasteiger partial charge in [0, 0.05) is 12.3 Å². The maximum atomic E-state index is 12.1. The monoisotopic (exact) mass is 324 g/mol. The van der Waals surface area contributed by atoms with Crippen LogP contribution in [0.5, 0.6) is 0 Å². The molecule has 0 saturated carbocycles. The van der Waals surface area contributed by atoms with Crippen LogP contribution >= 0.6 is 12.6 Å². The zero-order valence-corrected chi connectivity index (χ0v) is 14.4. The maximum Gasteiger partial charge on any atom is 0.408 e. The largest absolute Gasteiger partial charge is 0.444 e. The third-order valence-electron chi connectivity index (χ3n) is 2.78. The van der Waals surface area contributed by atoms with Gasteiger partial charge in [-0.3, -0.25) is 4.79 Å². The molecule has 0 bridgehead atoms. The van der Waals surface area contributed by atoms with Crippen molar-refractivity contribution in [2.45, 2.75) is 45.9 Å². The average Bonchev–Trinajstić information content (AvgIpc) is 2.42. The highest BCUT2D eigenvalue weighted by Crippen LogP contribution is 2.07. The van der Waals surface area contributed by atoms with E-state index in [2.05, 4.69) is 23.3 Å². The standard InChI is InChI=1S/C16H24N2O3S/c1-11-5-7-12(8-6-11)9-17-14(19)13(10-22)18-15(20)21-16(2,3)4/h5-8,13,22H,9-10H2,1-4H3,(H,17,19)(H,18,20)/t13-/m0/s1. The average molecular weight is 324 g/mol. The molecule has 0 aliphatic carbocycles. The van der Waals surface area contributed by atoms with Crippen LogP contribution < -0.4 is 10.6 Å². The molecule has 1 atom stereocenters. The minimum atomic E-state index is -0.733. The highest BCUT2D eigenvalue weighted by Gasteiger charge is 2.23. The van der Waals surface area contributed by atoms with Crippen LogP contribution in [0.3, 0.4) is 0 Å². The maximum absolute atomic E-state index is 12.1. The minimum absolute atomic E-state index is 0.193. The van der Waals surface area contributed by atoms with Crippen LogP contribution in [0.4, 0.5) is 4.79 Å². The number of nitrogens with one attached hydrogen (secondary N) is 2. The van der Waals surface area contributed by atoms with E-state index in [1.54, 1.807) is 20.8 Å². The van der Waals surface area contributed by atoms with E-state index in [0.29, 0.717) is 6.54 Å². The van der Waals surface area contributed by atoms with E-state index in [4.69, 9.17) is 4.74 Å². The van der Waals surface area contributed by atoms with Crippen LogP contribution in [-0.2, 0) is 16.1 Å². The topological polar surface area (TPSA) is 67.4 Å². The molecule has 0 unspecified atom stereocenters. The van der Waals surface area contributed by atoms with Gasteiger partial charge in [0.2, 0.25) is 5.91 Å². The lowest BCUT2D eigenvalue weighted by atomic mass is 10.1. The van der Waals surface area contributed by atoms with Crippen molar-refractivity contribution >= 4 is 24.6 Å². The first-order valence-electron chi connectivity index (χ1n) is 7.15. The van der Waals surface area contributed by atoms with E-state index in [1.807, 2.05) is 31.2 Å². The molecule has 0 aromatic heterocycles. The molecule has 122 valence electrons. The fourth-order valence-corrected chi connectivity index (χ4v) is 1.92. The molecule has 0 radical (unpaired) electrons. The Morgan fingerprint density at radius 1 is 1.23 bits per heavy atom. The SMILES string of the molecule is Cc1ccc(CNC(=O)[C@H](CS)NC(=O)OC(C)(C)C)cc1. The second kappa shape index (κ2) is 8.08. The number of carbonyl (C=O) groups is 2. The fourth-order valence-electron chi connectivity index (χ4n) is 1.66. The van der Waals surface area contributed by atoms with Gasteiger partial charge in [0.15, 0.2) is 0 Å². The predicted molar refractivity (Wildman–Crippen MR) is 90.0 cm³/mol. The molecule has 2 N–H and O–H groups in total. The highest BCUT2D eigenvalue weighted by atomic mass is 32.1. The van der Waals surface area contributed by atoms with E-state index in [9.17, 15) is 9.59 Å². The Morgan fingerprint density at radius 2 is 1.82 bits per heavy atom. The summed E-state index contributed by atoms with van der Waals surface area (Å²) in [6, 6.07) is 7.13. The Balaban J connectivity index is 2.50. The summed E-state index contributed by atoms with van der Waals surface area (Å²) >= 11 is 4.10. The number of thiol groups is 1. The number of carbonyl (C=O) groups excluding carboxylic acids is 2. The Morgan fingerprint density at radius 3 is 2.32 bits per heavy atom. The number of rotatable bonds is 5. The van der Waals surface area contributed by atoms with Crippen molar-refractivity contribution in [2.24, 2.45) is 0 Å². The van der Waals surface area contributed by atoms with Crippen molar-refractivity contribution in [1.29, 1.82) is 0 Å². The van der Waals surface area contributed by atoms with Crippen molar-refractivity contribution in [2.75, 3.05) is 5.75 Å². The summed E-state index contributed by atoms with van der Waals surface area (Å²) in [6.45, 7) is 7.70. The van der Waals surface area contributed by atoms with Crippen LogP contribution in [-0.4, -0.2) is 29.4 Å². The molecule has 1 rings (SSSR count). The number of ether oxygens (including phenoxy) is 1. The Kier molecular flexibility index (Phi) is 6.74. The quantitative estimate of drug-likeness (QED) is 0.729. The molecule has 0 aliphatic rings. The molecule has 5 nitrogen and oxygen atoms in total. The van der Waals surface area contributed by atoms with Gasteiger partial charge in [-0.05, 0) is 33.3 Å². The Bertz CT molecular complexity index is 509. The van der Waals surface area contributed by atoms with Crippen molar-refractivity contribution in [3.8, 4) is 0 Å². The lowest BCUT2D eigenvalue weighted by Gasteiger charge is -2.22. The number of amides is 2. The second-order valence-corrected chi connectivity index (χ2v) is 6.45. The van der Waals surface area contributed by atoms with Crippen molar-refractivity contribution in [3.05, 3.63) is 35.4 Å². The van der Waals surface area contributed by atoms with Gasteiger partial charge in [0.25, 0.3) is 0 Å². The molecule has 0 fully saturated rings. The third-order valence-corrected chi connectivity index (χ3v) is 3.14. The smallest absolute Gasteiger partial charge is 0.408 e. The van der Waals surface area contributed by atoms with Crippen LogP contribution in [0.1, 0.15) is 31.9 Å². The van der Waals surface area contributed by atoms with Crippen LogP contribution in [0, 0.1) is 6.92 Å². The van der Waals surface area contributed by atoms with Gasteiger partial charge in [-0.1, -0.05) is 29.8 Å². The van der Waals surface area contributed by atoms with Crippen molar-refractivity contribution < 1.29 is 14.3 Å². The summed E-state index contributed by atoms with van der Waals surface area (Å²) in [7, 11) is 0. The summed E-state index contributed by atoms with van der Waals surface area (Å²) in [5.74, 6) is -0.0969. The molecule has 0 saturated heterocycles. The number of aryl methyl sites for hydroxylation is 1. The molecule has 2 amide bonds. The fraction of sp³-hybridized carbons (Fsp3) is 0.500. The molecule has 1 aromatic carbocycles. The number of alkyl carbamates (subject to hydrolysis) is 1.